The number of unbranched alkanes of at least 4 members (excludes halogenated alkanes) is 2. The molecule has 0 spiro atoms. The molecule has 1 aromatic heterocycles. The van der Waals surface area contributed by atoms with E-state index in [1.165, 1.54) is 35.1 Å². The van der Waals surface area contributed by atoms with Crippen molar-refractivity contribution in [2.75, 3.05) is 6.54 Å². The van der Waals surface area contributed by atoms with Crippen molar-refractivity contribution in [2.45, 2.75) is 52.9 Å². The zero-order chi connectivity index (χ0) is 26.7. The normalized spacial score (nSPS) is 12.3. The molecule has 0 saturated heterocycles. The predicted molar refractivity (Wildman–Crippen MR) is 158 cm³/mol. The maximum atomic E-state index is 5.16. The van der Waals surface area contributed by atoms with Crippen LogP contribution in [0.2, 0.25) is 0 Å². The predicted octanol–water partition coefficient (Wildman–Crippen LogP) is 8.03. The van der Waals surface area contributed by atoms with Crippen LogP contribution in [0.1, 0.15) is 73.9 Å². The van der Waals surface area contributed by atoms with Crippen molar-refractivity contribution in [3.63, 3.8) is 0 Å². The zero-order valence-corrected chi connectivity index (χ0v) is 23.9. The summed E-state index contributed by atoms with van der Waals surface area (Å²) < 4.78 is 2.06. The Bertz CT molecular complexity index is 1340. The molecule has 0 aliphatic heterocycles. The van der Waals surface area contributed by atoms with Crippen LogP contribution in [0.3, 0.4) is 0 Å². The van der Waals surface area contributed by atoms with Gasteiger partial charge in [0.25, 0.3) is 0 Å². The summed E-state index contributed by atoms with van der Waals surface area (Å²) in [7, 11) is 0. The molecule has 0 saturated carbocycles. The first-order valence-corrected chi connectivity index (χ1v) is 14.5. The molecule has 38 heavy (non-hydrogen) atoms. The van der Waals surface area contributed by atoms with Crippen LogP contribution in [0.5, 0.6) is 0 Å². The van der Waals surface area contributed by atoms with E-state index in [0.717, 1.165) is 39.3 Å². The number of nitrogens with zero attached hydrogens (tertiary/aromatic N) is 3. The second-order valence-electron chi connectivity index (χ2n) is 9.50. The van der Waals surface area contributed by atoms with Gasteiger partial charge in [0.2, 0.25) is 0 Å². The van der Waals surface area contributed by atoms with Crippen molar-refractivity contribution in [3.8, 4) is 0 Å². The van der Waals surface area contributed by atoms with Crippen molar-refractivity contribution in [1.29, 1.82) is 0 Å². The van der Waals surface area contributed by atoms with Gasteiger partial charge in [-0.25, -0.2) is 0 Å². The number of hydrogen-bond acceptors (Lipinski definition) is 3. The molecule has 0 N–H and O–H groups in total. The molecule has 3 nitrogen and oxygen atoms in total. The van der Waals surface area contributed by atoms with Gasteiger partial charge in [0.15, 0.2) is 0 Å². The van der Waals surface area contributed by atoms with Crippen LogP contribution >= 0.6 is 0 Å². The van der Waals surface area contributed by atoms with Crippen LogP contribution in [-0.4, -0.2) is 21.9 Å². The van der Waals surface area contributed by atoms with Crippen molar-refractivity contribution in [3.05, 3.63) is 125 Å². The molecule has 0 aliphatic rings. The van der Waals surface area contributed by atoms with Gasteiger partial charge in [0, 0.05) is 0 Å². The van der Waals surface area contributed by atoms with Crippen molar-refractivity contribution >= 4 is 20.6 Å². The first-order valence-electron chi connectivity index (χ1n) is 13.4. The molecule has 0 atom stereocenters. The summed E-state index contributed by atoms with van der Waals surface area (Å²) in [4.78, 5) is 14.8. The van der Waals surface area contributed by atoms with E-state index >= 15 is 0 Å². The van der Waals surface area contributed by atoms with E-state index in [0.29, 0.717) is 15.0 Å². The summed E-state index contributed by atoms with van der Waals surface area (Å²) in [5, 5.41) is 0. The van der Waals surface area contributed by atoms with Crippen LogP contribution in [-0.2, 0) is 15.0 Å². The Kier molecular flexibility index (Phi) is 10.2. The molecule has 0 bridgehead atoms. The van der Waals surface area contributed by atoms with E-state index in [2.05, 4.69) is 125 Å². The van der Waals surface area contributed by atoms with Gasteiger partial charge in [-0.3, -0.25) is 0 Å². The monoisotopic (exact) mass is 543 g/mol. The molecule has 196 valence electrons. The molecule has 4 aromatic rings. The molecule has 0 unspecified atom stereocenters. The van der Waals surface area contributed by atoms with Gasteiger partial charge in [-0.2, -0.15) is 0 Å². The summed E-state index contributed by atoms with van der Waals surface area (Å²) in [6.45, 7) is 9.40. The number of aromatic nitrogens is 1. The topological polar surface area (TPSA) is 37.6 Å². The van der Waals surface area contributed by atoms with E-state index in [9.17, 15) is 0 Å². The van der Waals surface area contributed by atoms with E-state index in [1.54, 1.807) is 0 Å². The van der Waals surface area contributed by atoms with Crippen molar-refractivity contribution in [2.24, 2.45) is 9.98 Å². The van der Waals surface area contributed by atoms with Gasteiger partial charge in [-0.1, -0.05) is 0 Å². The minimum absolute atomic E-state index is 0.108. The summed E-state index contributed by atoms with van der Waals surface area (Å²) in [6.07, 6.45) is 3.56. The number of aryl methyl sites for hydroxylation is 1. The van der Waals surface area contributed by atoms with E-state index in [4.69, 9.17) is 15.0 Å². The summed E-state index contributed by atoms with van der Waals surface area (Å²) in [6, 6.07) is 34.3. The van der Waals surface area contributed by atoms with Crippen molar-refractivity contribution < 1.29 is 15.0 Å². The molecule has 4 rings (SSSR count). The first-order chi connectivity index (χ1) is 18.5. The SMILES string of the molecule is CCCCCN=C(C)c1ccc[c]([Fe][C](C)=Nc2ccc(C)cc2C(c2ccccc2)c2ccccc2)n1. The average Bonchev–Trinajstić information content (AvgIpc) is 2.94. The second kappa shape index (κ2) is 14.0. The third-order valence-corrected chi connectivity index (χ3v) is 7.55. The molecule has 3 aromatic carbocycles. The van der Waals surface area contributed by atoms with Crippen LogP contribution in [0.25, 0.3) is 0 Å². The fraction of sp³-hybridized carbons (Fsp3) is 0.265. The van der Waals surface area contributed by atoms with Crippen LogP contribution in [0, 0.1) is 6.92 Å². The Morgan fingerprint density at radius 1 is 0.816 bits per heavy atom. The van der Waals surface area contributed by atoms with Crippen molar-refractivity contribution in [1.82, 2.24) is 4.98 Å². The fourth-order valence-electron chi connectivity index (χ4n) is 4.51. The van der Waals surface area contributed by atoms with Gasteiger partial charge in [0.05, 0.1) is 0 Å². The third-order valence-electron chi connectivity index (χ3n) is 6.44. The van der Waals surface area contributed by atoms with E-state index in [-0.39, 0.29) is 5.92 Å². The summed E-state index contributed by atoms with van der Waals surface area (Å²) >= 11 is 0.700. The molecule has 0 amide bonds. The molecule has 1 heterocycles. The summed E-state index contributed by atoms with van der Waals surface area (Å²) in [5.74, 6) is 0.108. The third kappa shape index (κ3) is 7.60. The van der Waals surface area contributed by atoms with Gasteiger partial charge >= 0.3 is 235 Å². The van der Waals surface area contributed by atoms with E-state index in [1.807, 2.05) is 0 Å². The fourth-order valence-corrected chi connectivity index (χ4v) is 5.50. The zero-order valence-electron chi connectivity index (χ0n) is 22.8. The number of hydrogen-bond donors (Lipinski definition) is 0. The van der Waals surface area contributed by atoms with Gasteiger partial charge in [-0.15, -0.1) is 0 Å². The molecule has 0 fully saturated rings. The van der Waals surface area contributed by atoms with Gasteiger partial charge < -0.3 is 0 Å². The molecular formula is C34H37FeN3. The Hall–Kier alpha value is -3.33. The summed E-state index contributed by atoms with van der Waals surface area (Å²) in [5.41, 5.74) is 7.96. The number of pyridine rings is 1. The Morgan fingerprint density at radius 3 is 2.16 bits per heavy atom. The van der Waals surface area contributed by atoms with Gasteiger partial charge in [0.1, 0.15) is 0 Å². The molecule has 4 heteroatoms. The number of benzene rings is 3. The average molecular weight is 544 g/mol. The quantitative estimate of drug-likeness (QED) is 0.0817. The molecule has 0 aliphatic carbocycles. The Labute approximate surface area is 234 Å². The maximum absolute atomic E-state index is 5.16. The number of aliphatic imine (C=N–C) groups is 2. The second-order valence-corrected chi connectivity index (χ2v) is 11.1. The van der Waals surface area contributed by atoms with E-state index < -0.39 is 0 Å². The molecular weight excluding hydrogens is 506 g/mol. The Balaban J connectivity index is 1.64. The Morgan fingerprint density at radius 2 is 1.50 bits per heavy atom. The van der Waals surface area contributed by atoms with Crippen LogP contribution in [0.4, 0.5) is 5.69 Å². The number of rotatable bonds is 11. The van der Waals surface area contributed by atoms with Crippen LogP contribution < -0.4 is 4.59 Å². The molecule has 0 radical (unpaired) electrons. The minimum atomic E-state index is 0.108. The van der Waals surface area contributed by atoms with Gasteiger partial charge in [-0.05, 0) is 0 Å². The standard InChI is InChI=1S/C22H20N.C12H17N2.Fe/c1-3-23-21-15-14-17(2)16-20(21)22(18-10-6-4-7-11-18)19-12-8-5-9-13-19;1-3-4-6-9-13-11(2)12-8-5-7-10-14-12;/h4-16,22H,1-2H3;5,7-8H,3-4,6,9H2,1-2H3;. The van der Waals surface area contributed by atoms with Crippen LogP contribution in [0.15, 0.2) is 107 Å². The first kappa shape index (κ1) is 27.7.